The molecule has 0 unspecified atom stereocenters. The Morgan fingerprint density at radius 2 is 1.81 bits per heavy atom. The topological polar surface area (TPSA) is 55.8 Å². The van der Waals surface area contributed by atoms with Crippen molar-refractivity contribution < 1.29 is 19.1 Å². The van der Waals surface area contributed by atoms with Crippen LogP contribution >= 0.6 is 0 Å². The number of carbonyl (C=O) groups is 2. The first-order valence-corrected chi connectivity index (χ1v) is 7.15. The van der Waals surface area contributed by atoms with Gasteiger partial charge in [0.2, 0.25) is 0 Å². The molecule has 0 radical (unpaired) electrons. The fourth-order valence-electron chi connectivity index (χ4n) is 1.98. The lowest BCUT2D eigenvalue weighted by Gasteiger charge is -2.21. The molecule has 0 heterocycles. The van der Waals surface area contributed by atoms with Crippen molar-refractivity contribution in [1.82, 2.24) is 4.90 Å². The molecular weight excluding hydrogens is 270 g/mol. The fraction of sp³-hybridized carbons (Fsp3) is 0.500. The predicted molar refractivity (Wildman–Crippen MR) is 80.0 cm³/mol. The third-order valence-electron chi connectivity index (χ3n) is 2.92. The van der Waals surface area contributed by atoms with Gasteiger partial charge in [-0.3, -0.25) is 9.59 Å². The van der Waals surface area contributed by atoms with Crippen molar-refractivity contribution in [2.24, 2.45) is 0 Å². The van der Waals surface area contributed by atoms with Crippen LogP contribution in [0.4, 0.5) is 0 Å². The third kappa shape index (κ3) is 5.55. The molecular formula is C16H23NO4. The SMILES string of the molecule is CCCN(CC(=O)OCC)C(=O)c1ccc(COC)cc1. The molecule has 1 aromatic carbocycles. The fourth-order valence-corrected chi connectivity index (χ4v) is 1.98. The average molecular weight is 293 g/mol. The van der Waals surface area contributed by atoms with E-state index >= 15 is 0 Å². The quantitative estimate of drug-likeness (QED) is 0.690. The summed E-state index contributed by atoms with van der Waals surface area (Å²) in [4.78, 5) is 25.5. The molecule has 5 heteroatoms. The predicted octanol–water partition coefficient (Wildman–Crippen LogP) is 2.25. The van der Waals surface area contributed by atoms with Gasteiger partial charge in [-0.25, -0.2) is 0 Å². The van der Waals surface area contributed by atoms with Crippen LogP contribution in [0.2, 0.25) is 0 Å². The summed E-state index contributed by atoms with van der Waals surface area (Å²) in [7, 11) is 1.63. The second-order valence-electron chi connectivity index (χ2n) is 4.66. The zero-order valence-corrected chi connectivity index (χ0v) is 12.9. The third-order valence-corrected chi connectivity index (χ3v) is 2.92. The minimum absolute atomic E-state index is 0.0136. The minimum Gasteiger partial charge on any atom is -0.465 e. The van der Waals surface area contributed by atoms with Crippen LogP contribution < -0.4 is 0 Å². The van der Waals surface area contributed by atoms with Crippen molar-refractivity contribution in [2.75, 3.05) is 26.8 Å². The van der Waals surface area contributed by atoms with Gasteiger partial charge in [0.1, 0.15) is 6.54 Å². The summed E-state index contributed by atoms with van der Waals surface area (Å²) >= 11 is 0. The van der Waals surface area contributed by atoms with Crippen molar-refractivity contribution in [2.45, 2.75) is 26.9 Å². The van der Waals surface area contributed by atoms with Crippen LogP contribution in [0.5, 0.6) is 0 Å². The highest BCUT2D eigenvalue weighted by atomic mass is 16.5. The molecule has 1 rings (SSSR count). The molecule has 0 N–H and O–H groups in total. The van der Waals surface area contributed by atoms with E-state index in [2.05, 4.69) is 0 Å². The molecule has 116 valence electrons. The molecule has 1 aromatic rings. The standard InChI is InChI=1S/C16H23NO4/c1-4-10-17(11-15(18)21-5-2)16(19)14-8-6-13(7-9-14)12-20-3/h6-9H,4-5,10-12H2,1-3H3. The summed E-state index contributed by atoms with van der Waals surface area (Å²) in [5.74, 6) is -0.538. The first-order chi connectivity index (χ1) is 10.1. The van der Waals surface area contributed by atoms with Gasteiger partial charge in [0.25, 0.3) is 5.91 Å². The number of carbonyl (C=O) groups excluding carboxylic acids is 2. The van der Waals surface area contributed by atoms with Crippen LogP contribution in [0.25, 0.3) is 0 Å². The molecule has 0 bridgehead atoms. The summed E-state index contributed by atoms with van der Waals surface area (Å²) in [6.45, 7) is 5.05. The Morgan fingerprint density at radius 1 is 1.14 bits per heavy atom. The highest BCUT2D eigenvalue weighted by Gasteiger charge is 2.18. The Hall–Kier alpha value is -1.88. The maximum absolute atomic E-state index is 12.4. The molecule has 0 saturated heterocycles. The zero-order chi connectivity index (χ0) is 15.7. The smallest absolute Gasteiger partial charge is 0.325 e. The van der Waals surface area contributed by atoms with E-state index in [1.165, 1.54) is 4.90 Å². The Bertz CT molecular complexity index is 456. The number of amides is 1. The second kappa shape index (κ2) is 9.13. The lowest BCUT2D eigenvalue weighted by molar-refractivity contribution is -0.143. The van der Waals surface area contributed by atoms with E-state index in [9.17, 15) is 9.59 Å². The summed E-state index contributed by atoms with van der Waals surface area (Å²) in [6.07, 6.45) is 0.785. The Kier molecular flexibility index (Phi) is 7.46. The van der Waals surface area contributed by atoms with Gasteiger partial charge in [0.15, 0.2) is 0 Å². The van der Waals surface area contributed by atoms with Crippen LogP contribution in [0.3, 0.4) is 0 Å². The van der Waals surface area contributed by atoms with Gasteiger partial charge in [-0.1, -0.05) is 19.1 Å². The number of esters is 1. The van der Waals surface area contributed by atoms with E-state index < -0.39 is 0 Å². The number of hydrogen-bond acceptors (Lipinski definition) is 4. The Balaban J connectivity index is 2.77. The molecule has 0 saturated carbocycles. The number of ether oxygens (including phenoxy) is 2. The second-order valence-corrected chi connectivity index (χ2v) is 4.66. The van der Waals surface area contributed by atoms with Crippen molar-refractivity contribution in [3.8, 4) is 0 Å². The summed E-state index contributed by atoms with van der Waals surface area (Å²) in [5, 5.41) is 0. The summed E-state index contributed by atoms with van der Waals surface area (Å²) in [6, 6.07) is 7.21. The molecule has 0 spiro atoms. The van der Waals surface area contributed by atoms with Gasteiger partial charge in [0, 0.05) is 19.2 Å². The van der Waals surface area contributed by atoms with Crippen LogP contribution in [0, 0.1) is 0 Å². The van der Waals surface area contributed by atoms with Gasteiger partial charge < -0.3 is 14.4 Å². The van der Waals surface area contributed by atoms with Gasteiger partial charge >= 0.3 is 5.97 Å². The first kappa shape index (κ1) is 17.2. The van der Waals surface area contributed by atoms with Crippen LogP contribution in [-0.4, -0.2) is 43.6 Å². The minimum atomic E-state index is -0.379. The summed E-state index contributed by atoms with van der Waals surface area (Å²) < 4.78 is 9.94. The molecule has 0 aliphatic heterocycles. The van der Waals surface area contributed by atoms with Crippen molar-refractivity contribution in [1.29, 1.82) is 0 Å². The number of hydrogen-bond donors (Lipinski definition) is 0. The van der Waals surface area contributed by atoms with Crippen molar-refractivity contribution in [3.05, 3.63) is 35.4 Å². The molecule has 0 aliphatic rings. The van der Waals surface area contributed by atoms with Crippen LogP contribution in [0.15, 0.2) is 24.3 Å². The van der Waals surface area contributed by atoms with Crippen LogP contribution in [-0.2, 0) is 20.9 Å². The van der Waals surface area contributed by atoms with E-state index in [0.717, 1.165) is 12.0 Å². The number of rotatable bonds is 8. The highest BCUT2D eigenvalue weighted by molar-refractivity contribution is 5.96. The maximum atomic E-state index is 12.4. The normalized spacial score (nSPS) is 10.2. The molecule has 0 fully saturated rings. The van der Waals surface area contributed by atoms with E-state index in [1.54, 1.807) is 26.2 Å². The van der Waals surface area contributed by atoms with Gasteiger partial charge in [-0.05, 0) is 31.0 Å². The first-order valence-electron chi connectivity index (χ1n) is 7.15. The molecule has 0 aromatic heterocycles. The molecule has 0 aliphatic carbocycles. The van der Waals surface area contributed by atoms with E-state index in [1.807, 2.05) is 19.1 Å². The van der Waals surface area contributed by atoms with Gasteiger partial charge in [-0.15, -0.1) is 0 Å². The molecule has 0 atom stereocenters. The van der Waals surface area contributed by atoms with Crippen LogP contribution in [0.1, 0.15) is 36.2 Å². The summed E-state index contributed by atoms with van der Waals surface area (Å²) in [5.41, 5.74) is 1.56. The lowest BCUT2D eigenvalue weighted by Crippen LogP contribution is -2.37. The van der Waals surface area contributed by atoms with Crippen molar-refractivity contribution in [3.63, 3.8) is 0 Å². The molecule has 21 heavy (non-hydrogen) atoms. The average Bonchev–Trinajstić information content (AvgIpc) is 2.47. The number of nitrogens with zero attached hydrogens (tertiary/aromatic N) is 1. The monoisotopic (exact) mass is 293 g/mol. The molecule has 1 amide bonds. The number of methoxy groups -OCH3 is 1. The van der Waals surface area contributed by atoms with E-state index in [0.29, 0.717) is 25.3 Å². The molecule has 5 nitrogen and oxygen atoms in total. The number of benzene rings is 1. The van der Waals surface area contributed by atoms with Crippen molar-refractivity contribution >= 4 is 11.9 Å². The van der Waals surface area contributed by atoms with Gasteiger partial charge in [0.05, 0.1) is 13.2 Å². The maximum Gasteiger partial charge on any atom is 0.325 e. The van der Waals surface area contributed by atoms with E-state index in [4.69, 9.17) is 9.47 Å². The lowest BCUT2D eigenvalue weighted by atomic mass is 10.1. The Labute approximate surface area is 125 Å². The highest BCUT2D eigenvalue weighted by Crippen LogP contribution is 2.09. The van der Waals surface area contributed by atoms with Gasteiger partial charge in [-0.2, -0.15) is 0 Å². The Morgan fingerprint density at radius 3 is 2.33 bits per heavy atom. The van der Waals surface area contributed by atoms with E-state index in [-0.39, 0.29) is 18.4 Å². The zero-order valence-electron chi connectivity index (χ0n) is 12.9. The largest absolute Gasteiger partial charge is 0.465 e.